The molecular formula is C23H29NO3S2. The van der Waals surface area contributed by atoms with Crippen molar-refractivity contribution in [3.63, 3.8) is 0 Å². The molecule has 0 amide bonds. The number of para-hydroxylation sites is 1. The summed E-state index contributed by atoms with van der Waals surface area (Å²) in [6, 6.07) is 10.5. The summed E-state index contributed by atoms with van der Waals surface area (Å²) in [5.74, 6) is 1.36. The summed E-state index contributed by atoms with van der Waals surface area (Å²) < 4.78 is 19.2. The molecule has 0 saturated carbocycles. The number of nitrogens with zero attached hydrogens (tertiary/aromatic N) is 1. The largest absolute Gasteiger partial charge is 0.464 e. The molecule has 0 spiro atoms. The van der Waals surface area contributed by atoms with Crippen LogP contribution >= 0.6 is 11.8 Å². The van der Waals surface area contributed by atoms with Gasteiger partial charge in [0.1, 0.15) is 12.0 Å². The number of carbonyl (C=O) groups excluding carboxylic acids is 1. The smallest absolute Gasteiger partial charge is 0.145 e. The molecule has 1 aliphatic carbocycles. The standard InChI is InChI=1S/C23H29NO3S2/c1-4-23(5-2)16-24(18-10-7-6-8-11-18)19-14-21(28-3)20(27-13-9-12-25)15-22(19)29(26)17-23/h6-13,15,19H,4-5,14,16-17H2,1-3H3/b13-9+. The minimum absolute atomic E-state index is 0.0108. The molecule has 6 heteroatoms. The van der Waals surface area contributed by atoms with Crippen LogP contribution in [-0.2, 0) is 20.3 Å². The molecule has 1 saturated heterocycles. The average Bonchev–Trinajstić information content (AvgIpc) is 2.88. The van der Waals surface area contributed by atoms with Crippen LogP contribution in [0.15, 0.2) is 64.3 Å². The van der Waals surface area contributed by atoms with Crippen LogP contribution in [0.2, 0.25) is 0 Å². The molecule has 29 heavy (non-hydrogen) atoms. The highest BCUT2D eigenvalue weighted by Crippen LogP contribution is 2.43. The average molecular weight is 432 g/mol. The van der Waals surface area contributed by atoms with Gasteiger partial charge in [0, 0.05) is 40.3 Å². The second-order valence-electron chi connectivity index (χ2n) is 7.50. The first-order valence-electron chi connectivity index (χ1n) is 10.0. The Balaban J connectivity index is 2.07. The zero-order valence-corrected chi connectivity index (χ0v) is 18.9. The maximum absolute atomic E-state index is 13.5. The molecule has 2 unspecified atom stereocenters. The molecule has 3 rings (SSSR count). The Morgan fingerprint density at radius 1 is 1.28 bits per heavy atom. The second-order valence-corrected chi connectivity index (χ2v) is 9.85. The third-order valence-corrected chi connectivity index (χ3v) is 8.67. The highest BCUT2D eigenvalue weighted by molar-refractivity contribution is 8.02. The van der Waals surface area contributed by atoms with Crippen LogP contribution in [-0.4, -0.2) is 35.1 Å². The Bertz CT molecular complexity index is 841. The van der Waals surface area contributed by atoms with E-state index in [-0.39, 0.29) is 11.5 Å². The van der Waals surface area contributed by atoms with Crippen LogP contribution in [0.25, 0.3) is 0 Å². The number of rotatable bonds is 7. The summed E-state index contributed by atoms with van der Waals surface area (Å²) in [4.78, 5) is 15.1. The van der Waals surface area contributed by atoms with Crippen molar-refractivity contribution in [2.24, 2.45) is 5.41 Å². The molecule has 0 aromatic heterocycles. The van der Waals surface area contributed by atoms with Gasteiger partial charge in [-0.1, -0.05) is 32.0 Å². The van der Waals surface area contributed by atoms with Crippen LogP contribution in [0.5, 0.6) is 0 Å². The molecule has 0 bridgehead atoms. The fourth-order valence-corrected chi connectivity index (χ4v) is 6.65. The molecule has 1 heterocycles. The molecule has 1 aromatic carbocycles. The number of aldehydes is 1. The first-order chi connectivity index (χ1) is 14.1. The van der Waals surface area contributed by atoms with E-state index in [9.17, 15) is 9.00 Å². The van der Waals surface area contributed by atoms with Crippen LogP contribution in [0.1, 0.15) is 33.1 Å². The van der Waals surface area contributed by atoms with Gasteiger partial charge in [-0.25, -0.2) is 0 Å². The van der Waals surface area contributed by atoms with E-state index >= 15 is 0 Å². The van der Waals surface area contributed by atoms with Gasteiger partial charge in [-0.05, 0) is 42.7 Å². The van der Waals surface area contributed by atoms with Gasteiger partial charge in [0.05, 0.1) is 23.1 Å². The van der Waals surface area contributed by atoms with Crippen molar-refractivity contribution in [1.82, 2.24) is 0 Å². The van der Waals surface area contributed by atoms with Gasteiger partial charge >= 0.3 is 0 Å². The summed E-state index contributed by atoms with van der Waals surface area (Å²) in [5, 5.41) is 0. The van der Waals surface area contributed by atoms with Crippen molar-refractivity contribution in [3.8, 4) is 0 Å². The van der Waals surface area contributed by atoms with Gasteiger partial charge < -0.3 is 9.64 Å². The Labute approximate surface area is 180 Å². The normalized spacial score (nSPS) is 24.1. The van der Waals surface area contributed by atoms with Crippen LogP contribution in [0, 0.1) is 5.41 Å². The topological polar surface area (TPSA) is 46.6 Å². The predicted octanol–water partition coefficient (Wildman–Crippen LogP) is 5.02. The second kappa shape index (κ2) is 9.81. The third-order valence-electron chi connectivity index (χ3n) is 6.02. The highest BCUT2D eigenvalue weighted by atomic mass is 32.2. The number of carbonyl (C=O) groups is 1. The predicted molar refractivity (Wildman–Crippen MR) is 123 cm³/mol. The van der Waals surface area contributed by atoms with Crippen molar-refractivity contribution >= 4 is 34.5 Å². The molecule has 4 nitrogen and oxygen atoms in total. The van der Waals surface area contributed by atoms with Gasteiger partial charge in [-0.3, -0.25) is 9.00 Å². The minimum atomic E-state index is -1.08. The fraction of sp³-hybridized carbons (Fsp3) is 0.435. The molecule has 2 atom stereocenters. The summed E-state index contributed by atoms with van der Waals surface area (Å²) in [6.45, 7) is 5.30. The maximum Gasteiger partial charge on any atom is 0.145 e. The van der Waals surface area contributed by atoms with E-state index in [4.69, 9.17) is 4.74 Å². The van der Waals surface area contributed by atoms with Gasteiger partial charge in [-0.15, -0.1) is 11.8 Å². The number of allylic oxidation sites excluding steroid dienone is 2. The van der Waals surface area contributed by atoms with E-state index in [1.54, 1.807) is 11.8 Å². The van der Waals surface area contributed by atoms with Crippen LogP contribution in [0.3, 0.4) is 0 Å². The van der Waals surface area contributed by atoms with Gasteiger partial charge in [-0.2, -0.15) is 0 Å². The molecule has 156 valence electrons. The molecule has 1 aromatic rings. The van der Waals surface area contributed by atoms with Gasteiger partial charge in [0.25, 0.3) is 0 Å². The number of fused-ring (bicyclic) bond motifs is 1. The number of hydrogen-bond acceptors (Lipinski definition) is 5. The zero-order valence-electron chi connectivity index (χ0n) is 17.3. The van der Waals surface area contributed by atoms with Crippen molar-refractivity contribution in [3.05, 3.63) is 64.3 Å². The quantitative estimate of drug-likeness (QED) is 0.345. The highest BCUT2D eigenvalue weighted by Gasteiger charge is 2.42. The van der Waals surface area contributed by atoms with Crippen molar-refractivity contribution in [2.75, 3.05) is 23.5 Å². The van der Waals surface area contributed by atoms with Crippen molar-refractivity contribution in [2.45, 2.75) is 39.2 Å². The molecular weight excluding hydrogens is 402 g/mol. The Morgan fingerprint density at radius 3 is 2.62 bits per heavy atom. The molecule has 0 radical (unpaired) electrons. The molecule has 2 aliphatic rings. The zero-order chi connectivity index (χ0) is 20.9. The first-order valence-corrected chi connectivity index (χ1v) is 12.6. The van der Waals surface area contributed by atoms with E-state index < -0.39 is 10.8 Å². The van der Waals surface area contributed by atoms with E-state index in [1.165, 1.54) is 18.0 Å². The summed E-state index contributed by atoms with van der Waals surface area (Å²) in [6.07, 6.45) is 10.1. The number of anilines is 1. The Morgan fingerprint density at radius 2 is 2.00 bits per heavy atom. The van der Waals surface area contributed by atoms with Gasteiger partial charge in [0.15, 0.2) is 0 Å². The lowest BCUT2D eigenvalue weighted by Crippen LogP contribution is -2.43. The Kier molecular flexibility index (Phi) is 7.41. The SMILES string of the molecule is CCC1(CC)CN(c2ccccc2)C2CC(SC)=C(O/C=C/C=O)C=C2S(=O)C1. The molecule has 0 N–H and O–H groups in total. The van der Waals surface area contributed by atoms with E-state index in [0.29, 0.717) is 17.8 Å². The maximum atomic E-state index is 13.5. The lowest BCUT2D eigenvalue weighted by Gasteiger charge is -2.39. The first kappa shape index (κ1) is 21.9. The van der Waals surface area contributed by atoms with Crippen molar-refractivity contribution < 1.29 is 13.7 Å². The monoisotopic (exact) mass is 431 g/mol. The molecule has 1 aliphatic heterocycles. The number of thioether (sulfide) groups is 1. The lowest BCUT2D eigenvalue weighted by atomic mass is 9.83. The third kappa shape index (κ3) is 4.69. The Hall–Kier alpha value is -1.79. The minimum Gasteiger partial charge on any atom is -0.464 e. The van der Waals surface area contributed by atoms with Crippen LogP contribution < -0.4 is 4.90 Å². The summed E-state index contributed by atoms with van der Waals surface area (Å²) >= 11 is 1.65. The number of ether oxygens (including phenoxy) is 1. The van der Waals surface area contributed by atoms with Gasteiger partial charge in [0.2, 0.25) is 0 Å². The van der Waals surface area contributed by atoms with E-state index in [1.807, 2.05) is 18.4 Å². The van der Waals surface area contributed by atoms with Crippen molar-refractivity contribution in [1.29, 1.82) is 0 Å². The van der Waals surface area contributed by atoms with E-state index in [0.717, 1.165) is 35.6 Å². The summed E-state index contributed by atoms with van der Waals surface area (Å²) in [7, 11) is -1.08. The van der Waals surface area contributed by atoms with Crippen LogP contribution in [0.4, 0.5) is 5.69 Å². The molecule has 1 fully saturated rings. The lowest BCUT2D eigenvalue weighted by molar-refractivity contribution is -0.104. The van der Waals surface area contributed by atoms with E-state index in [2.05, 4.69) is 43.0 Å². The summed E-state index contributed by atoms with van der Waals surface area (Å²) in [5.41, 5.74) is 1.18. The number of hydrogen-bond donors (Lipinski definition) is 0. The number of benzene rings is 1. The fourth-order valence-electron chi connectivity index (χ4n) is 4.04.